The normalized spacial score (nSPS) is 10.4. The van der Waals surface area contributed by atoms with Gasteiger partial charge in [-0.2, -0.15) is 4.73 Å². The van der Waals surface area contributed by atoms with Crippen LogP contribution in [0, 0.1) is 5.21 Å². The lowest BCUT2D eigenvalue weighted by Gasteiger charge is -2.04. The van der Waals surface area contributed by atoms with Gasteiger partial charge in [-0.05, 0) is 36.0 Å². The smallest absolute Gasteiger partial charge is 0.251 e. The average molecular weight is 314 g/mol. The summed E-state index contributed by atoms with van der Waals surface area (Å²) in [6.07, 6.45) is 1.39. The number of carbonyl (C=O) groups is 1. The highest BCUT2D eigenvalue weighted by atomic mass is 35.5. The van der Waals surface area contributed by atoms with Crippen LogP contribution in [0.15, 0.2) is 47.6 Å². The summed E-state index contributed by atoms with van der Waals surface area (Å²) in [4.78, 5) is 12.0. The summed E-state index contributed by atoms with van der Waals surface area (Å²) in [6.45, 7) is 0. The summed E-state index contributed by atoms with van der Waals surface area (Å²) in [5.41, 5.74) is 0.482. The summed E-state index contributed by atoms with van der Waals surface area (Å²) in [5.74, 6) is 0.0666. The van der Waals surface area contributed by atoms with E-state index in [4.69, 9.17) is 23.2 Å². The maximum Gasteiger partial charge on any atom is 0.251 e. The van der Waals surface area contributed by atoms with Gasteiger partial charge >= 0.3 is 0 Å². The van der Waals surface area contributed by atoms with Gasteiger partial charge in [-0.1, -0.05) is 23.2 Å². The predicted octanol–water partition coefficient (Wildman–Crippen LogP) is 3.60. The zero-order valence-electron chi connectivity index (χ0n) is 9.68. The first-order valence-corrected chi connectivity index (χ1v) is 7.11. The van der Waals surface area contributed by atoms with E-state index in [-0.39, 0.29) is 11.5 Å². The van der Waals surface area contributed by atoms with Gasteiger partial charge in [0.15, 0.2) is 12.0 Å². The molecular weight excluding hydrogens is 305 g/mol. The molecule has 0 spiro atoms. The van der Waals surface area contributed by atoms with Crippen molar-refractivity contribution < 1.29 is 9.52 Å². The maximum absolute atomic E-state index is 12.0. The lowest BCUT2D eigenvalue weighted by molar-refractivity contribution is -0.645. The number of hydrogen-bond acceptors (Lipinski definition) is 3. The van der Waals surface area contributed by atoms with E-state index >= 15 is 0 Å². The Labute approximate surface area is 124 Å². The number of halogens is 2. The van der Waals surface area contributed by atoms with Gasteiger partial charge in [0.2, 0.25) is 0 Å². The second-order valence-corrected chi connectivity index (χ2v) is 5.52. The van der Waals surface area contributed by atoms with Crippen LogP contribution in [0.25, 0.3) is 0 Å². The molecule has 0 amide bonds. The van der Waals surface area contributed by atoms with Gasteiger partial charge in [-0.15, -0.1) is 0 Å². The van der Waals surface area contributed by atoms with E-state index in [1.807, 2.05) is 0 Å². The molecule has 0 N–H and O–H groups in total. The third-order valence-corrected chi connectivity index (χ3v) is 4.14. The molecular formula is C13H9Cl2NO2S. The monoisotopic (exact) mass is 313 g/mol. The minimum atomic E-state index is -0.104. The molecule has 98 valence electrons. The van der Waals surface area contributed by atoms with Crippen LogP contribution in [-0.2, 0) is 0 Å². The fraction of sp³-hybridized carbons (Fsp3) is 0.0769. The summed E-state index contributed by atoms with van der Waals surface area (Å²) >= 11 is 12.8. The molecule has 2 rings (SSSR count). The van der Waals surface area contributed by atoms with Crippen molar-refractivity contribution in [2.45, 2.75) is 5.03 Å². The fourth-order valence-electron chi connectivity index (χ4n) is 1.42. The van der Waals surface area contributed by atoms with Crippen LogP contribution in [-0.4, -0.2) is 11.5 Å². The minimum absolute atomic E-state index is 0.104. The largest absolute Gasteiger partial charge is 0.618 e. The molecule has 0 radical (unpaired) electrons. The van der Waals surface area contributed by atoms with Crippen molar-refractivity contribution in [3.05, 3.63) is 63.4 Å². The molecule has 1 heterocycles. The highest BCUT2D eigenvalue weighted by molar-refractivity contribution is 7.99. The first kappa shape index (κ1) is 14.2. The number of nitrogens with zero attached hydrogens (tertiary/aromatic N) is 1. The number of thioether (sulfide) groups is 1. The van der Waals surface area contributed by atoms with Gasteiger partial charge in [-0.25, -0.2) is 0 Å². The van der Waals surface area contributed by atoms with Gasteiger partial charge in [0.05, 0.1) is 15.8 Å². The van der Waals surface area contributed by atoms with Crippen LogP contribution >= 0.6 is 35.0 Å². The first-order valence-electron chi connectivity index (χ1n) is 5.37. The fourth-order valence-corrected chi connectivity index (χ4v) is 2.52. The standard InChI is InChI=1S/C13H9Cl2NO2S/c14-10-5-4-9(7-11(10)15)12(17)8-19-13-3-1-2-6-16(13)18/h1-7H,8H2. The van der Waals surface area contributed by atoms with E-state index in [1.54, 1.807) is 30.3 Å². The Hall–Kier alpha value is -1.23. The Balaban J connectivity index is 2.05. The van der Waals surface area contributed by atoms with Crippen molar-refractivity contribution in [2.24, 2.45) is 0 Å². The summed E-state index contributed by atoms with van der Waals surface area (Å²) in [6, 6.07) is 9.78. The van der Waals surface area contributed by atoms with Gasteiger partial charge in [0.1, 0.15) is 0 Å². The number of benzene rings is 1. The SMILES string of the molecule is O=C(CSc1cccc[n+]1[O-])c1ccc(Cl)c(Cl)c1. The van der Waals surface area contributed by atoms with Crippen molar-refractivity contribution in [2.75, 3.05) is 5.75 Å². The molecule has 3 nitrogen and oxygen atoms in total. The highest BCUT2D eigenvalue weighted by Crippen LogP contribution is 2.24. The molecule has 0 atom stereocenters. The van der Waals surface area contributed by atoms with Crippen LogP contribution in [0.5, 0.6) is 0 Å². The molecule has 6 heteroatoms. The Morgan fingerprint density at radius 3 is 2.68 bits per heavy atom. The predicted molar refractivity (Wildman–Crippen MR) is 76.9 cm³/mol. The maximum atomic E-state index is 12.0. The van der Waals surface area contributed by atoms with Crippen LogP contribution < -0.4 is 4.73 Å². The highest BCUT2D eigenvalue weighted by Gasteiger charge is 2.12. The molecule has 0 fully saturated rings. The number of pyridine rings is 1. The van der Waals surface area contributed by atoms with Crippen LogP contribution in [0.4, 0.5) is 0 Å². The molecule has 0 aliphatic rings. The molecule has 19 heavy (non-hydrogen) atoms. The molecule has 0 aliphatic carbocycles. The Kier molecular flexibility index (Phi) is 4.69. The third-order valence-electron chi connectivity index (χ3n) is 2.38. The van der Waals surface area contributed by atoms with Gasteiger partial charge < -0.3 is 5.21 Å². The van der Waals surface area contributed by atoms with E-state index in [0.29, 0.717) is 20.6 Å². The lowest BCUT2D eigenvalue weighted by atomic mass is 10.1. The lowest BCUT2D eigenvalue weighted by Crippen LogP contribution is -2.28. The average Bonchev–Trinajstić information content (AvgIpc) is 2.40. The van der Waals surface area contributed by atoms with Crippen molar-refractivity contribution >= 4 is 40.7 Å². The number of aromatic nitrogens is 1. The number of hydrogen-bond donors (Lipinski definition) is 0. The van der Waals surface area contributed by atoms with Crippen molar-refractivity contribution in [3.63, 3.8) is 0 Å². The van der Waals surface area contributed by atoms with E-state index in [0.717, 1.165) is 4.73 Å². The topological polar surface area (TPSA) is 44.0 Å². The molecule has 0 aliphatic heterocycles. The van der Waals surface area contributed by atoms with Crippen LogP contribution in [0.1, 0.15) is 10.4 Å². The number of rotatable bonds is 4. The van der Waals surface area contributed by atoms with Gasteiger partial charge in [0, 0.05) is 17.7 Å². The number of Topliss-reactive ketones (excluding diaryl/α,β-unsaturated/α-hetero) is 1. The van der Waals surface area contributed by atoms with Crippen molar-refractivity contribution in [3.8, 4) is 0 Å². The van der Waals surface area contributed by atoms with Crippen molar-refractivity contribution in [1.29, 1.82) is 0 Å². The Bertz CT molecular complexity index is 619. The molecule has 1 aromatic heterocycles. The van der Waals surface area contributed by atoms with E-state index in [9.17, 15) is 10.0 Å². The second-order valence-electron chi connectivity index (χ2n) is 3.71. The zero-order valence-corrected chi connectivity index (χ0v) is 12.0. The molecule has 0 bridgehead atoms. The summed E-state index contributed by atoms with van der Waals surface area (Å²) in [7, 11) is 0. The van der Waals surface area contributed by atoms with E-state index in [2.05, 4.69) is 0 Å². The second kappa shape index (κ2) is 6.28. The summed E-state index contributed by atoms with van der Waals surface area (Å²) in [5, 5.41) is 12.6. The third kappa shape index (κ3) is 3.62. The number of ketones is 1. The Morgan fingerprint density at radius 1 is 1.21 bits per heavy atom. The first-order chi connectivity index (χ1) is 9.08. The van der Waals surface area contributed by atoms with Gasteiger partial charge in [-0.3, -0.25) is 4.79 Å². The van der Waals surface area contributed by atoms with E-state index in [1.165, 1.54) is 24.0 Å². The molecule has 0 saturated carbocycles. The van der Waals surface area contributed by atoms with E-state index < -0.39 is 0 Å². The minimum Gasteiger partial charge on any atom is -0.618 e. The van der Waals surface area contributed by atoms with Gasteiger partial charge in [0.25, 0.3) is 5.03 Å². The van der Waals surface area contributed by atoms with Crippen molar-refractivity contribution in [1.82, 2.24) is 0 Å². The molecule has 2 aromatic rings. The summed E-state index contributed by atoms with van der Waals surface area (Å²) < 4.78 is 0.729. The molecule has 0 unspecified atom stereocenters. The molecule has 1 aromatic carbocycles. The van der Waals surface area contributed by atoms with Crippen LogP contribution in [0.3, 0.4) is 0 Å². The molecule has 0 saturated heterocycles. The van der Waals surface area contributed by atoms with Crippen LogP contribution in [0.2, 0.25) is 10.0 Å². The zero-order chi connectivity index (χ0) is 13.8. The number of carbonyl (C=O) groups excluding carboxylic acids is 1. The Morgan fingerprint density at radius 2 is 2.00 bits per heavy atom. The quantitative estimate of drug-likeness (QED) is 0.375.